The van der Waals surface area contributed by atoms with Crippen molar-refractivity contribution >= 4 is 12.2 Å². The predicted molar refractivity (Wildman–Crippen MR) is 119 cm³/mol. The fourth-order valence-corrected chi connectivity index (χ4v) is 4.37. The zero-order valence-corrected chi connectivity index (χ0v) is 19.5. The van der Waals surface area contributed by atoms with Gasteiger partial charge in [-0.15, -0.1) is 0 Å². The number of carbonyl (C=O) groups excluding carboxylic acids is 2. The van der Waals surface area contributed by atoms with Crippen molar-refractivity contribution in [3.05, 3.63) is 62.8 Å². The molecule has 1 aliphatic heterocycles. The van der Waals surface area contributed by atoms with E-state index in [9.17, 15) is 32.7 Å². The molecule has 1 saturated heterocycles. The third-order valence-electron chi connectivity index (χ3n) is 6.94. The van der Waals surface area contributed by atoms with Crippen molar-refractivity contribution < 1.29 is 27.9 Å². The zero-order chi connectivity index (χ0) is 25.4. The normalized spacial score (nSPS) is 20.6. The molecule has 1 aromatic carbocycles. The molecule has 2 atom stereocenters. The van der Waals surface area contributed by atoms with E-state index in [1.807, 2.05) is 7.05 Å². The maximum Gasteiger partial charge on any atom is 0.257 e. The Morgan fingerprint density at radius 2 is 1.88 bits per heavy atom. The van der Waals surface area contributed by atoms with Crippen molar-refractivity contribution in [2.24, 2.45) is 5.41 Å². The zero-order valence-electron chi connectivity index (χ0n) is 19.5. The van der Waals surface area contributed by atoms with Gasteiger partial charge in [-0.1, -0.05) is 13.8 Å². The number of hydrogen-bond acceptors (Lipinski definition) is 5. The molecule has 1 fully saturated rings. The van der Waals surface area contributed by atoms with Gasteiger partial charge in [-0.05, 0) is 32.2 Å². The van der Waals surface area contributed by atoms with Crippen LogP contribution in [0.4, 0.5) is 13.2 Å². The summed E-state index contributed by atoms with van der Waals surface area (Å²) in [5.41, 5.74) is -2.42. The number of hydrogen-bond donors (Lipinski definition) is 2. The summed E-state index contributed by atoms with van der Waals surface area (Å²) in [5, 5.41) is 12.6. The first-order valence-electron chi connectivity index (χ1n) is 10.9. The van der Waals surface area contributed by atoms with Crippen LogP contribution in [0, 0.1) is 22.9 Å². The smallest absolute Gasteiger partial charge is 0.257 e. The van der Waals surface area contributed by atoms with Crippen LogP contribution in [0.2, 0.25) is 0 Å². The van der Waals surface area contributed by atoms with Gasteiger partial charge in [-0.3, -0.25) is 14.4 Å². The van der Waals surface area contributed by atoms with E-state index in [-0.39, 0.29) is 23.2 Å². The highest BCUT2D eigenvalue weighted by Crippen LogP contribution is 2.37. The van der Waals surface area contributed by atoms with Gasteiger partial charge in [0, 0.05) is 49.1 Å². The van der Waals surface area contributed by atoms with Gasteiger partial charge in [0.15, 0.2) is 12.0 Å². The SMILES string of the molecule is CC1N(C)CC(n2cc(C(=O)NCc3c(F)cc(F)cc3F)c(=O)c(O)c2C=O)CCC1(C)C. The molecule has 1 amide bonds. The predicted octanol–water partition coefficient (Wildman–Crippen LogP) is 3.40. The summed E-state index contributed by atoms with van der Waals surface area (Å²) in [6.07, 6.45) is 2.97. The molecule has 1 aromatic heterocycles. The second kappa shape index (κ2) is 9.61. The number of pyridine rings is 1. The third kappa shape index (κ3) is 4.86. The summed E-state index contributed by atoms with van der Waals surface area (Å²) in [4.78, 5) is 39.2. The first-order chi connectivity index (χ1) is 15.9. The number of carbonyl (C=O) groups is 2. The molecule has 10 heteroatoms. The molecule has 2 heterocycles. The second-order valence-electron chi connectivity index (χ2n) is 9.46. The van der Waals surface area contributed by atoms with E-state index in [4.69, 9.17) is 0 Å². The monoisotopic (exact) mass is 479 g/mol. The molecule has 0 aliphatic carbocycles. The number of aromatic nitrogens is 1. The van der Waals surface area contributed by atoms with Crippen LogP contribution < -0.4 is 10.7 Å². The van der Waals surface area contributed by atoms with Gasteiger partial charge in [-0.2, -0.15) is 0 Å². The fourth-order valence-electron chi connectivity index (χ4n) is 4.37. The van der Waals surface area contributed by atoms with Crippen LogP contribution in [0.25, 0.3) is 0 Å². The van der Waals surface area contributed by atoms with Crippen LogP contribution in [0.3, 0.4) is 0 Å². The second-order valence-corrected chi connectivity index (χ2v) is 9.46. The first kappa shape index (κ1) is 25.5. The van der Waals surface area contributed by atoms with E-state index in [0.717, 1.165) is 6.42 Å². The summed E-state index contributed by atoms with van der Waals surface area (Å²) in [5.74, 6) is -5.35. The Labute approximate surface area is 195 Å². The third-order valence-corrected chi connectivity index (χ3v) is 6.94. The lowest BCUT2D eigenvalue weighted by Gasteiger charge is -2.35. The minimum Gasteiger partial charge on any atom is -0.503 e. The van der Waals surface area contributed by atoms with Gasteiger partial charge in [0.1, 0.15) is 28.7 Å². The standard InChI is InChI=1S/C24H28F3N3O4/c1-13-24(2,3)6-5-15(10-29(13)4)30-11-17(21(32)22(33)20(30)12-31)23(34)28-9-16-18(26)7-14(25)8-19(16)27/h7-8,11-13,15,33H,5-6,9-10H2,1-4H3,(H,28,34). The van der Waals surface area contributed by atoms with E-state index in [2.05, 4.69) is 31.0 Å². The number of nitrogens with one attached hydrogen (secondary N) is 1. The van der Waals surface area contributed by atoms with E-state index >= 15 is 0 Å². The lowest BCUT2D eigenvalue weighted by Crippen LogP contribution is -2.40. The van der Waals surface area contributed by atoms with Crippen molar-refractivity contribution in [2.45, 2.75) is 52.2 Å². The van der Waals surface area contributed by atoms with Crippen molar-refractivity contribution in [3.63, 3.8) is 0 Å². The molecule has 3 rings (SSSR count). The molecule has 2 aromatic rings. The average Bonchev–Trinajstić information content (AvgIpc) is 2.85. The highest BCUT2D eigenvalue weighted by Gasteiger charge is 2.35. The molecule has 1 aliphatic rings. The lowest BCUT2D eigenvalue weighted by atomic mass is 9.81. The number of halogens is 3. The van der Waals surface area contributed by atoms with Gasteiger partial charge in [-0.25, -0.2) is 13.2 Å². The summed E-state index contributed by atoms with van der Waals surface area (Å²) in [7, 11) is 1.94. The molecule has 0 radical (unpaired) electrons. The first-order valence-corrected chi connectivity index (χ1v) is 10.9. The topological polar surface area (TPSA) is 91.6 Å². The van der Waals surface area contributed by atoms with Crippen molar-refractivity contribution in [3.8, 4) is 5.75 Å². The molecule has 7 nitrogen and oxygen atoms in total. The molecular formula is C24H28F3N3O4. The Morgan fingerprint density at radius 3 is 2.47 bits per heavy atom. The Morgan fingerprint density at radius 1 is 1.26 bits per heavy atom. The van der Waals surface area contributed by atoms with Crippen LogP contribution in [-0.4, -0.2) is 46.4 Å². The summed E-state index contributed by atoms with van der Waals surface area (Å²) in [6, 6.07) is 0.855. The van der Waals surface area contributed by atoms with Crippen LogP contribution in [0.5, 0.6) is 5.75 Å². The number of likely N-dealkylation sites (N-methyl/N-ethyl adjacent to an activating group) is 1. The fraction of sp³-hybridized carbons (Fsp3) is 0.458. The van der Waals surface area contributed by atoms with Gasteiger partial charge in [0.2, 0.25) is 5.43 Å². The maximum absolute atomic E-state index is 13.9. The molecular weight excluding hydrogens is 451 g/mol. The minimum atomic E-state index is -1.19. The van der Waals surface area contributed by atoms with Gasteiger partial charge >= 0.3 is 0 Å². The number of likely N-dealkylation sites (tertiary alicyclic amines) is 1. The van der Waals surface area contributed by atoms with Crippen LogP contribution >= 0.6 is 0 Å². The lowest BCUT2D eigenvalue weighted by molar-refractivity contribution is 0.0945. The molecule has 34 heavy (non-hydrogen) atoms. The number of aromatic hydroxyl groups is 1. The summed E-state index contributed by atoms with van der Waals surface area (Å²) in [6.45, 7) is 6.21. The van der Waals surface area contributed by atoms with E-state index in [1.165, 1.54) is 10.8 Å². The minimum absolute atomic E-state index is 0.0323. The molecule has 184 valence electrons. The highest BCUT2D eigenvalue weighted by molar-refractivity contribution is 5.95. The van der Waals surface area contributed by atoms with Gasteiger partial charge in [0.25, 0.3) is 5.91 Å². The molecule has 2 unspecified atom stereocenters. The molecule has 0 spiro atoms. The number of aldehydes is 1. The average molecular weight is 479 g/mol. The summed E-state index contributed by atoms with van der Waals surface area (Å²) >= 11 is 0. The van der Waals surface area contributed by atoms with Crippen molar-refractivity contribution in [1.29, 1.82) is 0 Å². The molecule has 0 saturated carbocycles. The van der Waals surface area contributed by atoms with E-state index < -0.39 is 52.2 Å². The molecule has 0 bridgehead atoms. The van der Waals surface area contributed by atoms with E-state index in [0.29, 0.717) is 31.4 Å². The van der Waals surface area contributed by atoms with Gasteiger partial charge < -0.3 is 19.9 Å². The van der Waals surface area contributed by atoms with Crippen molar-refractivity contribution in [1.82, 2.24) is 14.8 Å². The summed E-state index contributed by atoms with van der Waals surface area (Å²) < 4.78 is 42.3. The Balaban J connectivity index is 1.96. The largest absolute Gasteiger partial charge is 0.503 e. The number of rotatable bonds is 5. The van der Waals surface area contributed by atoms with Crippen LogP contribution in [0.15, 0.2) is 23.1 Å². The number of nitrogens with zero attached hydrogens (tertiary/aromatic N) is 2. The van der Waals surface area contributed by atoms with Gasteiger partial charge in [0.05, 0.1) is 0 Å². The quantitative estimate of drug-likeness (QED) is 0.642. The van der Waals surface area contributed by atoms with Crippen molar-refractivity contribution in [2.75, 3.05) is 13.6 Å². The Kier molecular flexibility index (Phi) is 7.21. The Bertz CT molecular complexity index is 1160. The maximum atomic E-state index is 13.9. The highest BCUT2D eigenvalue weighted by atomic mass is 19.1. The van der Waals surface area contributed by atoms with Crippen LogP contribution in [-0.2, 0) is 6.54 Å². The molecule has 2 N–H and O–H groups in total. The number of amides is 1. The Hall–Kier alpha value is -3.14. The number of benzene rings is 1. The van der Waals surface area contributed by atoms with Crippen LogP contribution in [0.1, 0.15) is 66.1 Å². The van der Waals surface area contributed by atoms with E-state index in [1.54, 1.807) is 0 Å².